The smallest absolute Gasteiger partial charge is 0.264 e. The van der Waals surface area contributed by atoms with Gasteiger partial charge >= 0.3 is 0 Å². The number of hydrogen-bond acceptors (Lipinski definition) is 4. The summed E-state index contributed by atoms with van der Waals surface area (Å²) in [6.07, 6.45) is 2.53. The number of carbonyl (C=O) groups is 1. The summed E-state index contributed by atoms with van der Waals surface area (Å²) in [5.41, 5.74) is 1.08. The number of hydrogen-bond donors (Lipinski definition) is 1. The highest BCUT2D eigenvalue weighted by Gasteiger charge is 2.16. The van der Waals surface area contributed by atoms with Crippen LogP contribution in [0.15, 0.2) is 29.2 Å². The quantitative estimate of drug-likeness (QED) is 0.744. The van der Waals surface area contributed by atoms with Gasteiger partial charge in [-0.2, -0.15) is 0 Å². The Hall–Kier alpha value is -1.40. The summed E-state index contributed by atoms with van der Waals surface area (Å²) >= 11 is 0. The number of nitrogens with one attached hydrogen (secondary N) is 1. The highest BCUT2D eigenvalue weighted by atomic mass is 32.2. The van der Waals surface area contributed by atoms with Crippen molar-refractivity contribution in [1.29, 1.82) is 0 Å². The largest absolute Gasteiger partial charge is 0.385 e. The van der Waals surface area contributed by atoms with Crippen LogP contribution in [0, 0.1) is 0 Å². The van der Waals surface area contributed by atoms with Crippen molar-refractivity contribution in [2.45, 2.75) is 37.5 Å². The molecule has 6 heteroatoms. The van der Waals surface area contributed by atoms with Crippen molar-refractivity contribution in [3.8, 4) is 0 Å². The van der Waals surface area contributed by atoms with Gasteiger partial charge in [0.25, 0.3) is 10.0 Å². The first kappa shape index (κ1) is 16.7. The lowest BCUT2D eigenvalue weighted by Crippen LogP contribution is -2.30. The summed E-state index contributed by atoms with van der Waals surface area (Å²) in [5, 5.41) is 0. The third-order valence-electron chi connectivity index (χ3n) is 2.77. The second-order valence-electron chi connectivity index (χ2n) is 4.52. The molecule has 0 fully saturated rings. The summed E-state index contributed by atoms with van der Waals surface area (Å²) in [6.45, 7) is 2.49. The molecule has 0 unspecified atom stereocenters. The van der Waals surface area contributed by atoms with E-state index in [1.807, 2.05) is 0 Å². The van der Waals surface area contributed by atoms with Crippen molar-refractivity contribution < 1.29 is 17.9 Å². The molecule has 1 rings (SSSR count). The van der Waals surface area contributed by atoms with E-state index in [1.54, 1.807) is 12.1 Å². The van der Waals surface area contributed by atoms with Crippen LogP contribution in [0.4, 0.5) is 0 Å². The number of sulfonamides is 1. The molecule has 1 aromatic carbocycles. The molecule has 20 heavy (non-hydrogen) atoms. The third-order valence-corrected chi connectivity index (χ3v) is 4.16. The first-order valence-corrected chi connectivity index (χ1v) is 8.11. The van der Waals surface area contributed by atoms with Gasteiger partial charge in [-0.1, -0.05) is 25.5 Å². The van der Waals surface area contributed by atoms with Crippen LogP contribution in [-0.4, -0.2) is 28.0 Å². The maximum Gasteiger partial charge on any atom is 0.264 e. The van der Waals surface area contributed by atoms with Gasteiger partial charge in [-0.3, -0.25) is 4.79 Å². The molecule has 112 valence electrons. The molecule has 0 radical (unpaired) electrons. The van der Waals surface area contributed by atoms with Crippen LogP contribution in [0.5, 0.6) is 0 Å². The molecule has 0 bridgehead atoms. The standard InChI is InChI=1S/C14H21NO4S/c1-3-5-12-7-9-13(10-8-12)20(17,18)15-14(16)6-4-11-19-2/h7-10H,3-6,11H2,1-2H3,(H,15,16). The van der Waals surface area contributed by atoms with Crippen LogP contribution in [-0.2, 0) is 26.0 Å². The lowest BCUT2D eigenvalue weighted by atomic mass is 10.1. The summed E-state index contributed by atoms with van der Waals surface area (Å²) < 4.78 is 30.8. The molecule has 0 aliphatic rings. The van der Waals surface area contributed by atoms with Gasteiger partial charge in [0, 0.05) is 20.1 Å². The van der Waals surface area contributed by atoms with Gasteiger partial charge in [0.1, 0.15) is 0 Å². The number of amides is 1. The van der Waals surface area contributed by atoms with Gasteiger partial charge in [0.05, 0.1) is 4.90 Å². The highest BCUT2D eigenvalue weighted by Crippen LogP contribution is 2.12. The van der Waals surface area contributed by atoms with Crippen molar-refractivity contribution in [2.24, 2.45) is 0 Å². The molecule has 0 atom stereocenters. The molecule has 5 nitrogen and oxygen atoms in total. The van der Waals surface area contributed by atoms with Crippen LogP contribution >= 0.6 is 0 Å². The van der Waals surface area contributed by atoms with Crippen LogP contribution in [0.2, 0.25) is 0 Å². The molecule has 0 spiro atoms. The molecular weight excluding hydrogens is 278 g/mol. The summed E-state index contributed by atoms with van der Waals surface area (Å²) in [5.74, 6) is -0.514. The maximum atomic E-state index is 12.0. The lowest BCUT2D eigenvalue weighted by molar-refractivity contribution is -0.119. The Balaban J connectivity index is 2.66. The van der Waals surface area contributed by atoms with Gasteiger partial charge in [-0.15, -0.1) is 0 Å². The van der Waals surface area contributed by atoms with E-state index in [9.17, 15) is 13.2 Å². The van der Waals surface area contributed by atoms with Crippen molar-refractivity contribution in [3.63, 3.8) is 0 Å². The number of rotatable bonds is 8. The van der Waals surface area contributed by atoms with E-state index in [2.05, 4.69) is 11.6 Å². The number of carbonyl (C=O) groups excluding carboxylic acids is 1. The van der Waals surface area contributed by atoms with E-state index in [0.29, 0.717) is 13.0 Å². The number of aryl methyl sites for hydroxylation is 1. The first-order chi connectivity index (χ1) is 9.49. The first-order valence-electron chi connectivity index (χ1n) is 6.63. The minimum absolute atomic E-state index is 0.109. The minimum atomic E-state index is -3.77. The summed E-state index contributed by atoms with van der Waals surface area (Å²) in [7, 11) is -2.23. The number of benzene rings is 1. The molecule has 0 aromatic heterocycles. The second kappa shape index (κ2) is 8.01. The van der Waals surface area contributed by atoms with Gasteiger partial charge in [0.2, 0.25) is 5.91 Å². The zero-order valence-electron chi connectivity index (χ0n) is 11.9. The average Bonchev–Trinajstić information content (AvgIpc) is 2.39. The van der Waals surface area contributed by atoms with E-state index >= 15 is 0 Å². The van der Waals surface area contributed by atoms with Crippen molar-refractivity contribution in [1.82, 2.24) is 4.72 Å². The van der Waals surface area contributed by atoms with Crippen LogP contribution in [0.25, 0.3) is 0 Å². The Kier molecular flexibility index (Phi) is 6.67. The van der Waals surface area contributed by atoms with E-state index < -0.39 is 15.9 Å². The second-order valence-corrected chi connectivity index (χ2v) is 6.20. The predicted molar refractivity (Wildman–Crippen MR) is 76.9 cm³/mol. The molecular formula is C14H21NO4S. The van der Waals surface area contributed by atoms with Crippen LogP contribution in [0.3, 0.4) is 0 Å². The minimum Gasteiger partial charge on any atom is -0.385 e. The van der Waals surface area contributed by atoms with Crippen molar-refractivity contribution in [3.05, 3.63) is 29.8 Å². The van der Waals surface area contributed by atoms with E-state index in [4.69, 9.17) is 4.74 Å². The molecule has 0 saturated heterocycles. The van der Waals surface area contributed by atoms with Crippen molar-refractivity contribution >= 4 is 15.9 Å². The molecule has 1 aromatic rings. The van der Waals surface area contributed by atoms with Crippen molar-refractivity contribution in [2.75, 3.05) is 13.7 Å². The zero-order valence-corrected chi connectivity index (χ0v) is 12.7. The SMILES string of the molecule is CCCc1ccc(S(=O)(=O)NC(=O)CCCOC)cc1. The lowest BCUT2D eigenvalue weighted by Gasteiger charge is -2.07. The fourth-order valence-corrected chi connectivity index (χ4v) is 2.77. The normalized spacial score (nSPS) is 11.3. The fraction of sp³-hybridized carbons (Fsp3) is 0.500. The Labute approximate surface area is 120 Å². The molecule has 0 aliphatic heterocycles. The average molecular weight is 299 g/mol. The Morgan fingerprint density at radius 3 is 2.45 bits per heavy atom. The number of ether oxygens (including phenoxy) is 1. The number of methoxy groups -OCH3 is 1. The highest BCUT2D eigenvalue weighted by molar-refractivity contribution is 7.90. The zero-order chi connectivity index (χ0) is 15.0. The van der Waals surface area contributed by atoms with Gasteiger partial charge in [-0.25, -0.2) is 13.1 Å². The Morgan fingerprint density at radius 2 is 1.90 bits per heavy atom. The fourth-order valence-electron chi connectivity index (χ4n) is 1.76. The van der Waals surface area contributed by atoms with Crippen LogP contribution in [0.1, 0.15) is 31.7 Å². The molecule has 1 amide bonds. The summed E-state index contributed by atoms with van der Waals surface area (Å²) in [6, 6.07) is 6.59. The topological polar surface area (TPSA) is 72.5 Å². The molecule has 0 saturated carbocycles. The molecule has 0 aliphatic carbocycles. The van der Waals surface area contributed by atoms with E-state index in [0.717, 1.165) is 18.4 Å². The summed E-state index contributed by atoms with van der Waals surface area (Å²) in [4.78, 5) is 11.6. The maximum absolute atomic E-state index is 12.0. The third kappa shape index (κ3) is 5.30. The predicted octanol–water partition coefficient (Wildman–Crippen LogP) is 1.87. The Bertz CT molecular complexity index is 523. The van der Waals surface area contributed by atoms with E-state index in [1.165, 1.54) is 19.2 Å². The van der Waals surface area contributed by atoms with E-state index in [-0.39, 0.29) is 11.3 Å². The molecule has 0 heterocycles. The monoisotopic (exact) mass is 299 g/mol. The van der Waals surface area contributed by atoms with Gasteiger partial charge in [-0.05, 0) is 30.5 Å². The molecule has 1 N–H and O–H groups in total. The Morgan fingerprint density at radius 1 is 1.25 bits per heavy atom. The van der Waals surface area contributed by atoms with Gasteiger partial charge in [0.15, 0.2) is 0 Å². The van der Waals surface area contributed by atoms with Crippen LogP contribution < -0.4 is 4.72 Å². The van der Waals surface area contributed by atoms with Gasteiger partial charge < -0.3 is 4.74 Å².